The minimum Gasteiger partial charge on any atom is -0.380 e. The number of ether oxygens (including phenoxy) is 1. The Kier molecular flexibility index (Phi) is 10.1. The fourth-order valence-corrected chi connectivity index (χ4v) is 3.08. The number of likely N-dealkylation sites (N-methyl/N-ethyl adjacent to an activating group) is 2. The molecule has 0 spiro atoms. The molecule has 0 saturated carbocycles. The zero-order chi connectivity index (χ0) is 20.2. The lowest BCUT2D eigenvalue weighted by molar-refractivity contribution is -0.132. The first-order valence-electron chi connectivity index (χ1n) is 10.2. The summed E-state index contributed by atoms with van der Waals surface area (Å²) in [5.74, 6) is 0.855. The predicted molar refractivity (Wildman–Crippen MR) is 110 cm³/mol. The third-order valence-electron chi connectivity index (χ3n) is 4.98. The fraction of sp³-hybridized carbons (Fsp3) is 0.737. The van der Waals surface area contributed by atoms with Crippen molar-refractivity contribution in [3.05, 3.63) is 18.0 Å². The van der Waals surface area contributed by atoms with Crippen LogP contribution in [0.1, 0.15) is 18.9 Å². The van der Waals surface area contributed by atoms with Gasteiger partial charge in [-0.2, -0.15) is 0 Å². The first-order chi connectivity index (χ1) is 13.7. The molecule has 1 aliphatic heterocycles. The van der Waals surface area contributed by atoms with Crippen molar-refractivity contribution in [2.24, 2.45) is 5.73 Å². The zero-order valence-corrected chi connectivity index (χ0v) is 17.3. The molecule has 1 aromatic rings. The largest absolute Gasteiger partial charge is 0.380 e. The van der Waals surface area contributed by atoms with E-state index in [0.29, 0.717) is 45.2 Å². The fourth-order valence-electron chi connectivity index (χ4n) is 3.08. The lowest BCUT2D eigenvalue weighted by Crippen LogP contribution is -2.49. The van der Waals surface area contributed by atoms with E-state index in [1.807, 2.05) is 11.9 Å². The van der Waals surface area contributed by atoms with Crippen molar-refractivity contribution in [1.29, 1.82) is 0 Å². The molecule has 0 aliphatic carbocycles. The van der Waals surface area contributed by atoms with Crippen LogP contribution >= 0.6 is 0 Å². The van der Waals surface area contributed by atoms with E-state index in [-0.39, 0.29) is 5.91 Å². The Morgan fingerprint density at radius 1 is 1.21 bits per heavy atom. The number of carbonyl (C=O) groups excluding carboxylic acids is 1. The first kappa shape index (κ1) is 22.5. The van der Waals surface area contributed by atoms with Crippen molar-refractivity contribution >= 4 is 11.9 Å². The number of piperazine rings is 1. The maximum Gasteiger partial charge on any atom is 0.225 e. The highest BCUT2D eigenvalue weighted by Gasteiger charge is 2.22. The van der Waals surface area contributed by atoms with Crippen LogP contribution in [0.15, 0.2) is 12.4 Å². The summed E-state index contributed by atoms with van der Waals surface area (Å²) >= 11 is 0. The highest BCUT2D eigenvalue weighted by Crippen LogP contribution is 2.11. The number of hydrogen-bond donors (Lipinski definition) is 2. The summed E-state index contributed by atoms with van der Waals surface area (Å²) in [5.41, 5.74) is 6.50. The smallest absolute Gasteiger partial charge is 0.225 e. The second kappa shape index (κ2) is 12.6. The van der Waals surface area contributed by atoms with E-state index < -0.39 is 0 Å². The van der Waals surface area contributed by atoms with Gasteiger partial charge in [0.15, 0.2) is 0 Å². The van der Waals surface area contributed by atoms with Gasteiger partial charge >= 0.3 is 0 Å². The number of rotatable bonds is 12. The summed E-state index contributed by atoms with van der Waals surface area (Å²) in [4.78, 5) is 27.4. The molecule has 28 heavy (non-hydrogen) atoms. The molecule has 158 valence electrons. The topological polar surface area (TPSA) is 99.9 Å². The van der Waals surface area contributed by atoms with Gasteiger partial charge in [-0.25, -0.2) is 9.97 Å². The molecule has 1 aliphatic rings. The van der Waals surface area contributed by atoms with Crippen molar-refractivity contribution in [2.75, 3.05) is 77.5 Å². The van der Waals surface area contributed by atoms with E-state index >= 15 is 0 Å². The molecule has 9 nitrogen and oxygen atoms in total. The molecule has 0 aromatic carbocycles. The highest BCUT2D eigenvalue weighted by molar-refractivity contribution is 5.76. The summed E-state index contributed by atoms with van der Waals surface area (Å²) in [6.07, 6.45) is 3.95. The van der Waals surface area contributed by atoms with Gasteiger partial charge in [0.05, 0.1) is 19.6 Å². The summed E-state index contributed by atoms with van der Waals surface area (Å²) in [5, 5.41) is 3.15. The van der Waals surface area contributed by atoms with Gasteiger partial charge in [0, 0.05) is 70.3 Å². The molecule has 3 N–H and O–H groups in total. The van der Waals surface area contributed by atoms with E-state index in [2.05, 4.69) is 32.0 Å². The normalized spacial score (nSPS) is 14.7. The molecular formula is C19H35N7O2. The van der Waals surface area contributed by atoms with Gasteiger partial charge in [-0.1, -0.05) is 6.92 Å². The van der Waals surface area contributed by atoms with Crippen LogP contribution in [0, 0.1) is 0 Å². The van der Waals surface area contributed by atoms with E-state index in [1.54, 1.807) is 12.4 Å². The van der Waals surface area contributed by atoms with Gasteiger partial charge in [-0.05, 0) is 13.6 Å². The van der Waals surface area contributed by atoms with Crippen molar-refractivity contribution in [1.82, 2.24) is 25.1 Å². The molecule has 0 unspecified atom stereocenters. The molecule has 1 amide bonds. The number of amides is 1. The van der Waals surface area contributed by atoms with Crippen LogP contribution in [0.3, 0.4) is 0 Å². The quantitative estimate of drug-likeness (QED) is 0.460. The Morgan fingerprint density at radius 3 is 2.54 bits per heavy atom. The average Bonchev–Trinajstić information content (AvgIpc) is 2.75. The van der Waals surface area contributed by atoms with Crippen LogP contribution in [-0.2, 0) is 16.1 Å². The number of aromatic nitrogens is 2. The lowest BCUT2D eigenvalue weighted by atomic mass is 10.3. The number of anilines is 1. The van der Waals surface area contributed by atoms with Crippen molar-refractivity contribution in [3.63, 3.8) is 0 Å². The maximum absolute atomic E-state index is 12.4. The van der Waals surface area contributed by atoms with Gasteiger partial charge in [0.1, 0.15) is 0 Å². The van der Waals surface area contributed by atoms with Gasteiger partial charge in [-0.3, -0.25) is 4.79 Å². The van der Waals surface area contributed by atoms with Gasteiger partial charge in [0.2, 0.25) is 11.9 Å². The van der Waals surface area contributed by atoms with Crippen LogP contribution in [-0.4, -0.2) is 98.3 Å². The van der Waals surface area contributed by atoms with Crippen molar-refractivity contribution < 1.29 is 9.53 Å². The molecule has 9 heteroatoms. The monoisotopic (exact) mass is 393 g/mol. The van der Waals surface area contributed by atoms with Gasteiger partial charge in [-0.15, -0.1) is 0 Å². The molecule has 2 heterocycles. The number of nitrogens with two attached hydrogens (primary N) is 1. The number of carbonyl (C=O) groups is 1. The molecule has 1 saturated heterocycles. The number of nitrogens with one attached hydrogen (secondary N) is 1. The summed E-state index contributed by atoms with van der Waals surface area (Å²) in [7, 11) is 1.96. The molecule has 0 radical (unpaired) electrons. The number of nitrogens with zero attached hydrogens (tertiary/aromatic N) is 5. The Balaban J connectivity index is 1.61. The van der Waals surface area contributed by atoms with E-state index in [1.165, 1.54) is 0 Å². The summed E-state index contributed by atoms with van der Waals surface area (Å²) in [6, 6.07) is 0. The Morgan fingerprint density at radius 2 is 1.93 bits per heavy atom. The third-order valence-corrected chi connectivity index (χ3v) is 4.98. The summed E-state index contributed by atoms with van der Waals surface area (Å²) in [6.45, 7) is 10.5. The Bertz CT molecular complexity index is 562. The van der Waals surface area contributed by atoms with E-state index in [9.17, 15) is 4.79 Å². The maximum atomic E-state index is 12.4. The Hall–Kier alpha value is -1.81. The molecule has 0 bridgehead atoms. The second-order valence-electron chi connectivity index (χ2n) is 6.86. The highest BCUT2D eigenvalue weighted by atomic mass is 16.5. The van der Waals surface area contributed by atoms with E-state index in [0.717, 1.165) is 44.8 Å². The molecule has 1 fully saturated rings. The summed E-state index contributed by atoms with van der Waals surface area (Å²) < 4.78 is 5.67. The standard InChI is InChI=1S/C19H35N7O2/c1-3-24(6-5-21-2)11-13-28-12-4-18(27)25-7-9-26(10-8-25)19-22-15-17(14-20)16-23-19/h15-16,21H,3-14,20H2,1-2H3. The van der Waals surface area contributed by atoms with Crippen molar-refractivity contribution in [3.8, 4) is 0 Å². The third kappa shape index (κ3) is 7.31. The predicted octanol–water partition coefficient (Wildman–Crippen LogP) is -0.468. The van der Waals surface area contributed by atoms with Gasteiger partial charge < -0.3 is 30.5 Å². The second-order valence-corrected chi connectivity index (χ2v) is 6.86. The molecule has 2 rings (SSSR count). The SMILES string of the molecule is CCN(CCNC)CCOCCC(=O)N1CCN(c2ncc(CN)cn2)CC1. The van der Waals surface area contributed by atoms with Crippen LogP contribution in [0.4, 0.5) is 5.95 Å². The minimum absolute atomic E-state index is 0.154. The van der Waals surface area contributed by atoms with Crippen LogP contribution < -0.4 is 16.0 Å². The van der Waals surface area contributed by atoms with Gasteiger partial charge in [0.25, 0.3) is 0 Å². The molecular weight excluding hydrogens is 358 g/mol. The lowest BCUT2D eigenvalue weighted by Gasteiger charge is -2.34. The van der Waals surface area contributed by atoms with Crippen LogP contribution in [0.25, 0.3) is 0 Å². The Labute approximate surface area is 168 Å². The van der Waals surface area contributed by atoms with E-state index in [4.69, 9.17) is 10.5 Å². The first-order valence-corrected chi connectivity index (χ1v) is 10.2. The van der Waals surface area contributed by atoms with Crippen LogP contribution in [0.2, 0.25) is 0 Å². The zero-order valence-electron chi connectivity index (χ0n) is 17.3. The van der Waals surface area contributed by atoms with Crippen molar-refractivity contribution in [2.45, 2.75) is 19.9 Å². The minimum atomic E-state index is 0.154. The number of hydrogen-bond acceptors (Lipinski definition) is 8. The average molecular weight is 394 g/mol. The molecule has 0 atom stereocenters. The van der Waals surface area contributed by atoms with Crippen LogP contribution in [0.5, 0.6) is 0 Å². The molecule has 1 aromatic heterocycles.